The average Bonchev–Trinajstić information content (AvgIpc) is 2.46. The minimum atomic E-state index is -1.02. The first-order valence-electron chi connectivity index (χ1n) is 6.18. The van der Waals surface area contributed by atoms with Gasteiger partial charge in [-0.15, -0.1) is 0 Å². The molecule has 0 spiro atoms. The molecule has 0 amide bonds. The molecular formula is C13H18N4O3. The number of nitrogens with one attached hydrogen (secondary N) is 1. The summed E-state index contributed by atoms with van der Waals surface area (Å²) in [4.78, 5) is 14.7. The Balaban J connectivity index is 2.83. The van der Waals surface area contributed by atoms with Crippen LogP contribution in [-0.4, -0.2) is 31.3 Å². The van der Waals surface area contributed by atoms with Crippen molar-refractivity contribution in [3.8, 4) is 5.75 Å². The first-order valence-corrected chi connectivity index (χ1v) is 6.18. The molecule has 0 fully saturated rings. The first kappa shape index (κ1) is 15.8. The third-order valence-electron chi connectivity index (χ3n) is 3.01. The third kappa shape index (κ3) is 3.88. The largest absolute Gasteiger partial charge is 0.508 e. The summed E-state index contributed by atoms with van der Waals surface area (Å²) in [6.07, 6.45) is 0.606. The number of rotatable bonds is 7. The average molecular weight is 278 g/mol. The number of azide groups is 1. The zero-order chi connectivity index (χ0) is 15.0. The maximum Gasteiger partial charge on any atom is 0.330 e. The number of hydrogen-bond acceptors (Lipinski definition) is 5. The zero-order valence-corrected chi connectivity index (χ0v) is 11.5. The van der Waals surface area contributed by atoms with Crippen molar-refractivity contribution >= 4 is 5.97 Å². The second-order valence-electron chi connectivity index (χ2n) is 4.40. The Bertz CT molecular complexity index is 497. The van der Waals surface area contributed by atoms with Gasteiger partial charge in [-0.2, -0.15) is 0 Å². The standard InChI is InChI=1S/C13H18N4O3/c1-13(12(19)20-2,15-8-3-9-16-17-14)10-4-6-11(18)7-5-10/h4-7,15,18H,3,8-9H2,1-2H3. The fourth-order valence-electron chi connectivity index (χ4n) is 1.82. The van der Waals surface area contributed by atoms with Crippen LogP contribution in [0.1, 0.15) is 18.9 Å². The molecule has 0 heterocycles. The minimum Gasteiger partial charge on any atom is -0.508 e. The van der Waals surface area contributed by atoms with E-state index in [1.807, 2.05) is 0 Å². The molecule has 0 aliphatic heterocycles. The summed E-state index contributed by atoms with van der Waals surface area (Å²) in [6.45, 7) is 2.56. The monoisotopic (exact) mass is 278 g/mol. The van der Waals surface area contributed by atoms with Crippen molar-refractivity contribution in [2.45, 2.75) is 18.9 Å². The molecule has 7 heteroatoms. The number of hydrogen-bond donors (Lipinski definition) is 2. The van der Waals surface area contributed by atoms with Crippen LogP contribution in [0.2, 0.25) is 0 Å². The summed E-state index contributed by atoms with van der Waals surface area (Å²) in [5.41, 5.74) is 7.87. The smallest absolute Gasteiger partial charge is 0.330 e. The summed E-state index contributed by atoms with van der Waals surface area (Å²) < 4.78 is 4.83. The van der Waals surface area contributed by atoms with E-state index in [2.05, 4.69) is 15.3 Å². The van der Waals surface area contributed by atoms with E-state index in [0.29, 0.717) is 25.1 Å². The predicted octanol–water partition coefficient (Wildman–Crippen LogP) is 2.07. The molecule has 0 saturated heterocycles. The maximum absolute atomic E-state index is 12.0. The maximum atomic E-state index is 12.0. The lowest BCUT2D eigenvalue weighted by molar-refractivity contribution is -0.148. The van der Waals surface area contributed by atoms with E-state index in [1.165, 1.54) is 19.2 Å². The topological polar surface area (TPSA) is 107 Å². The van der Waals surface area contributed by atoms with E-state index in [0.717, 1.165) is 0 Å². The molecule has 0 bridgehead atoms. The highest BCUT2D eigenvalue weighted by Gasteiger charge is 2.35. The molecular weight excluding hydrogens is 260 g/mol. The third-order valence-corrected chi connectivity index (χ3v) is 3.01. The number of carbonyl (C=O) groups excluding carboxylic acids is 1. The van der Waals surface area contributed by atoms with Crippen LogP contribution < -0.4 is 5.32 Å². The Labute approximate surface area is 117 Å². The van der Waals surface area contributed by atoms with Crippen LogP contribution in [0.25, 0.3) is 10.4 Å². The number of methoxy groups -OCH3 is 1. The second kappa shape index (κ2) is 7.37. The molecule has 1 aromatic carbocycles. The molecule has 0 saturated carbocycles. The highest BCUT2D eigenvalue weighted by Crippen LogP contribution is 2.24. The van der Waals surface area contributed by atoms with Gasteiger partial charge in [0.2, 0.25) is 0 Å². The number of nitrogens with zero attached hydrogens (tertiary/aromatic N) is 3. The fourth-order valence-corrected chi connectivity index (χ4v) is 1.82. The van der Waals surface area contributed by atoms with Crippen molar-refractivity contribution in [2.24, 2.45) is 5.11 Å². The Kier molecular flexibility index (Phi) is 5.83. The van der Waals surface area contributed by atoms with Gasteiger partial charge in [0, 0.05) is 11.5 Å². The SMILES string of the molecule is COC(=O)C(C)(NCCCN=[N+]=[N-])c1ccc(O)cc1. The highest BCUT2D eigenvalue weighted by molar-refractivity contribution is 5.82. The van der Waals surface area contributed by atoms with Crippen molar-refractivity contribution in [3.63, 3.8) is 0 Å². The summed E-state index contributed by atoms with van der Waals surface area (Å²) >= 11 is 0. The number of phenols is 1. The minimum absolute atomic E-state index is 0.129. The van der Waals surface area contributed by atoms with Crippen LogP contribution in [0, 0.1) is 0 Å². The van der Waals surface area contributed by atoms with Gasteiger partial charge in [0.1, 0.15) is 11.3 Å². The summed E-state index contributed by atoms with van der Waals surface area (Å²) in [5, 5.41) is 15.8. The van der Waals surface area contributed by atoms with Gasteiger partial charge in [-0.05, 0) is 43.1 Å². The van der Waals surface area contributed by atoms with Crippen LogP contribution >= 0.6 is 0 Å². The number of aromatic hydroxyl groups is 1. The molecule has 20 heavy (non-hydrogen) atoms. The lowest BCUT2D eigenvalue weighted by atomic mass is 9.91. The molecule has 0 aromatic heterocycles. The molecule has 0 aliphatic carbocycles. The number of esters is 1. The lowest BCUT2D eigenvalue weighted by Crippen LogP contribution is -2.47. The Morgan fingerprint density at radius 2 is 2.15 bits per heavy atom. The van der Waals surface area contributed by atoms with E-state index in [-0.39, 0.29) is 5.75 Å². The van der Waals surface area contributed by atoms with Crippen molar-refractivity contribution in [1.82, 2.24) is 5.32 Å². The summed E-state index contributed by atoms with van der Waals surface area (Å²) in [7, 11) is 1.32. The lowest BCUT2D eigenvalue weighted by Gasteiger charge is -2.28. The Morgan fingerprint density at radius 3 is 2.70 bits per heavy atom. The molecule has 7 nitrogen and oxygen atoms in total. The van der Waals surface area contributed by atoms with Gasteiger partial charge < -0.3 is 9.84 Å². The molecule has 1 aromatic rings. The van der Waals surface area contributed by atoms with Crippen LogP contribution in [0.5, 0.6) is 5.75 Å². The van der Waals surface area contributed by atoms with E-state index >= 15 is 0 Å². The van der Waals surface area contributed by atoms with Gasteiger partial charge >= 0.3 is 5.97 Å². The highest BCUT2D eigenvalue weighted by atomic mass is 16.5. The van der Waals surface area contributed by atoms with Crippen LogP contribution in [0.15, 0.2) is 29.4 Å². The normalized spacial score (nSPS) is 13.1. The van der Waals surface area contributed by atoms with E-state index in [4.69, 9.17) is 10.3 Å². The van der Waals surface area contributed by atoms with Gasteiger partial charge in [-0.3, -0.25) is 5.32 Å². The van der Waals surface area contributed by atoms with Gasteiger partial charge in [0.15, 0.2) is 0 Å². The molecule has 0 radical (unpaired) electrons. The van der Waals surface area contributed by atoms with Gasteiger partial charge in [0.05, 0.1) is 7.11 Å². The summed E-state index contributed by atoms with van der Waals surface area (Å²) in [6, 6.07) is 6.34. The summed E-state index contributed by atoms with van der Waals surface area (Å²) in [5.74, 6) is -0.295. The number of benzene rings is 1. The van der Waals surface area contributed by atoms with Crippen molar-refractivity contribution in [3.05, 3.63) is 40.3 Å². The molecule has 0 aliphatic rings. The van der Waals surface area contributed by atoms with Crippen molar-refractivity contribution < 1.29 is 14.6 Å². The fraction of sp³-hybridized carbons (Fsp3) is 0.462. The first-order chi connectivity index (χ1) is 9.54. The van der Waals surface area contributed by atoms with Crippen LogP contribution in [0.4, 0.5) is 0 Å². The van der Waals surface area contributed by atoms with Gasteiger partial charge in [-0.25, -0.2) is 4.79 Å². The Hall–Kier alpha value is -2.24. The van der Waals surface area contributed by atoms with E-state index in [1.54, 1.807) is 19.1 Å². The van der Waals surface area contributed by atoms with Gasteiger partial charge in [-0.1, -0.05) is 17.2 Å². The van der Waals surface area contributed by atoms with Crippen molar-refractivity contribution in [2.75, 3.05) is 20.2 Å². The predicted molar refractivity (Wildman–Crippen MR) is 74.1 cm³/mol. The van der Waals surface area contributed by atoms with E-state index < -0.39 is 11.5 Å². The Morgan fingerprint density at radius 1 is 1.50 bits per heavy atom. The quantitative estimate of drug-likeness (QED) is 0.262. The second-order valence-corrected chi connectivity index (χ2v) is 4.40. The van der Waals surface area contributed by atoms with E-state index in [9.17, 15) is 9.90 Å². The molecule has 2 N–H and O–H groups in total. The van der Waals surface area contributed by atoms with Gasteiger partial charge in [0.25, 0.3) is 0 Å². The molecule has 1 unspecified atom stereocenters. The van der Waals surface area contributed by atoms with Crippen LogP contribution in [-0.2, 0) is 15.1 Å². The van der Waals surface area contributed by atoms with Crippen molar-refractivity contribution in [1.29, 1.82) is 0 Å². The number of carbonyl (C=O) groups is 1. The molecule has 1 rings (SSSR count). The molecule has 1 atom stereocenters. The van der Waals surface area contributed by atoms with Crippen LogP contribution in [0.3, 0.4) is 0 Å². The number of ether oxygens (including phenoxy) is 1. The number of phenolic OH excluding ortho intramolecular Hbond substituents is 1. The zero-order valence-electron chi connectivity index (χ0n) is 11.5. The molecule has 108 valence electrons.